The lowest BCUT2D eigenvalue weighted by molar-refractivity contribution is -0.140. The molecule has 0 N–H and O–H groups in total. The van der Waals surface area contributed by atoms with Crippen molar-refractivity contribution < 1.29 is 9.53 Å². The van der Waals surface area contributed by atoms with E-state index in [9.17, 15) is 4.79 Å². The van der Waals surface area contributed by atoms with Gasteiger partial charge < -0.3 is 4.74 Å². The molecule has 3 aromatic rings. The first kappa shape index (κ1) is 13.7. The van der Waals surface area contributed by atoms with E-state index in [1.165, 1.54) is 18.9 Å². The molecular weight excluding hydrogens is 284 g/mol. The molecular formula is C16H14N2O2S. The van der Waals surface area contributed by atoms with Crippen LogP contribution >= 0.6 is 11.8 Å². The maximum absolute atomic E-state index is 12.1. The summed E-state index contributed by atoms with van der Waals surface area (Å²) in [6.07, 6.45) is 3.73. The van der Waals surface area contributed by atoms with Crippen molar-refractivity contribution in [3.05, 3.63) is 66.5 Å². The second-order valence-electron chi connectivity index (χ2n) is 4.47. The van der Waals surface area contributed by atoms with Gasteiger partial charge in [0, 0.05) is 6.20 Å². The molecule has 0 spiro atoms. The number of thioether (sulfide) groups is 1. The average molecular weight is 298 g/mol. The monoisotopic (exact) mass is 298 g/mol. The minimum atomic E-state index is -0.429. The molecule has 2 heterocycles. The van der Waals surface area contributed by atoms with E-state index in [0.717, 1.165) is 16.2 Å². The van der Waals surface area contributed by atoms with Crippen molar-refractivity contribution in [2.45, 2.75) is 10.4 Å². The van der Waals surface area contributed by atoms with Crippen molar-refractivity contribution in [3.63, 3.8) is 0 Å². The number of carbonyl (C=O) groups excluding carboxylic acids is 1. The fourth-order valence-electron chi connectivity index (χ4n) is 2.10. The number of hydrogen-bond acceptors (Lipinski definition) is 4. The number of hydrogen-bond donors (Lipinski definition) is 0. The fourth-order valence-corrected chi connectivity index (χ4v) is 3.19. The molecule has 0 bridgehead atoms. The Labute approximate surface area is 126 Å². The fraction of sp³-hybridized carbons (Fsp3) is 0.125. The van der Waals surface area contributed by atoms with Gasteiger partial charge in [0.1, 0.15) is 5.25 Å². The number of methoxy groups -OCH3 is 1. The minimum Gasteiger partial charge on any atom is -0.468 e. The van der Waals surface area contributed by atoms with Crippen LogP contribution in [-0.4, -0.2) is 22.5 Å². The zero-order chi connectivity index (χ0) is 14.7. The Morgan fingerprint density at radius 2 is 1.95 bits per heavy atom. The van der Waals surface area contributed by atoms with E-state index in [-0.39, 0.29) is 5.97 Å². The zero-order valence-corrected chi connectivity index (χ0v) is 12.3. The minimum absolute atomic E-state index is 0.279. The molecule has 0 fully saturated rings. The molecule has 0 aliphatic rings. The van der Waals surface area contributed by atoms with Gasteiger partial charge in [-0.1, -0.05) is 48.2 Å². The highest BCUT2D eigenvalue weighted by molar-refractivity contribution is 8.00. The number of benzene rings is 1. The highest BCUT2D eigenvalue weighted by Crippen LogP contribution is 2.35. The Balaban J connectivity index is 1.97. The lowest BCUT2D eigenvalue weighted by atomic mass is 10.1. The maximum atomic E-state index is 12.1. The summed E-state index contributed by atoms with van der Waals surface area (Å²) in [5, 5.41) is 0.340. The van der Waals surface area contributed by atoms with Crippen molar-refractivity contribution in [1.29, 1.82) is 0 Å². The first-order valence-corrected chi connectivity index (χ1v) is 7.39. The second-order valence-corrected chi connectivity index (χ2v) is 5.54. The molecule has 5 heteroatoms. The van der Waals surface area contributed by atoms with Gasteiger partial charge in [-0.15, -0.1) is 0 Å². The summed E-state index contributed by atoms with van der Waals surface area (Å²) in [6, 6.07) is 15.5. The van der Waals surface area contributed by atoms with Gasteiger partial charge in [-0.2, -0.15) is 0 Å². The summed E-state index contributed by atoms with van der Waals surface area (Å²) in [5.74, 6) is -0.279. The van der Waals surface area contributed by atoms with Crippen LogP contribution in [0.4, 0.5) is 0 Å². The quantitative estimate of drug-likeness (QED) is 0.547. The normalized spacial score (nSPS) is 12.2. The first-order chi connectivity index (χ1) is 10.3. The van der Waals surface area contributed by atoms with Gasteiger partial charge in [0.2, 0.25) is 0 Å². The van der Waals surface area contributed by atoms with E-state index in [1.54, 1.807) is 6.20 Å². The van der Waals surface area contributed by atoms with Crippen molar-refractivity contribution >= 4 is 23.2 Å². The molecule has 4 nitrogen and oxygen atoms in total. The van der Waals surface area contributed by atoms with Crippen LogP contribution in [0, 0.1) is 0 Å². The van der Waals surface area contributed by atoms with Gasteiger partial charge in [0.15, 0.2) is 5.16 Å². The van der Waals surface area contributed by atoms with E-state index in [2.05, 4.69) is 4.98 Å². The van der Waals surface area contributed by atoms with Crippen LogP contribution in [0.25, 0.3) is 5.52 Å². The number of pyridine rings is 1. The van der Waals surface area contributed by atoms with Gasteiger partial charge >= 0.3 is 5.97 Å². The average Bonchev–Trinajstić information content (AvgIpc) is 2.96. The van der Waals surface area contributed by atoms with E-state index >= 15 is 0 Å². The molecule has 1 atom stereocenters. The number of esters is 1. The van der Waals surface area contributed by atoms with E-state index < -0.39 is 5.25 Å². The summed E-state index contributed by atoms with van der Waals surface area (Å²) in [4.78, 5) is 16.5. The summed E-state index contributed by atoms with van der Waals surface area (Å²) in [6.45, 7) is 0. The van der Waals surface area contributed by atoms with Crippen LogP contribution in [0.1, 0.15) is 10.8 Å². The molecule has 106 valence electrons. The third-order valence-electron chi connectivity index (χ3n) is 3.15. The summed E-state index contributed by atoms with van der Waals surface area (Å²) < 4.78 is 6.89. The second kappa shape index (κ2) is 6.01. The topological polar surface area (TPSA) is 43.6 Å². The van der Waals surface area contributed by atoms with Gasteiger partial charge in [0.25, 0.3) is 0 Å². The maximum Gasteiger partial charge on any atom is 0.323 e. The number of nitrogens with zero attached hydrogens (tertiary/aromatic N) is 2. The van der Waals surface area contributed by atoms with E-state index in [4.69, 9.17) is 4.74 Å². The number of imidazole rings is 1. The molecule has 0 aliphatic heterocycles. The molecule has 2 aromatic heterocycles. The standard InChI is InChI=1S/C16H14N2O2S/c1-20-15(19)14(12-7-3-2-4-8-12)21-16-17-11-13-9-5-6-10-18(13)16/h2-11,14H,1H3. The van der Waals surface area contributed by atoms with Crippen molar-refractivity contribution in [3.8, 4) is 0 Å². The van der Waals surface area contributed by atoms with E-state index in [0.29, 0.717) is 0 Å². The lowest BCUT2D eigenvalue weighted by Crippen LogP contribution is -2.11. The number of rotatable bonds is 4. The van der Waals surface area contributed by atoms with Crippen LogP contribution in [0.15, 0.2) is 66.1 Å². The SMILES string of the molecule is COC(=O)C(Sc1ncc2ccccn12)c1ccccc1. The summed E-state index contributed by atoms with van der Waals surface area (Å²) >= 11 is 1.39. The Morgan fingerprint density at radius 1 is 1.19 bits per heavy atom. The molecule has 1 aromatic carbocycles. The number of fused-ring (bicyclic) bond motifs is 1. The summed E-state index contributed by atoms with van der Waals surface area (Å²) in [5.41, 5.74) is 1.90. The van der Waals surface area contributed by atoms with Crippen molar-refractivity contribution in [2.75, 3.05) is 7.11 Å². The third kappa shape index (κ3) is 2.78. The Morgan fingerprint density at radius 3 is 2.71 bits per heavy atom. The predicted octanol–water partition coefficient (Wildman–Crippen LogP) is 3.34. The van der Waals surface area contributed by atoms with Crippen LogP contribution < -0.4 is 0 Å². The molecule has 0 radical (unpaired) electrons. The number of carbonyl (C=O) groups is 1. The number of ether oxygens (including phenoxy) is 1. The van der Waals surface area contributed by atoms with Gasteiger partial charge in [0.05, 0.1) is 18.8 Å². The van der Waals surface area contributed by atoms with Crippen LogP contribution in [0.3, 0.4) is 0 Å². The summed E-state index contributed by atoms with van der Waals surface area (Å²) in [7, 11) is 1.41. The van der Waals surface area contributed by atoms with Crippen LogP contribution in [0.5, 0.6) is 0 Å². The Bertz CT molecular complexity index is 755. The van der Waals surface area contributed by atoms with Crippen molar-refractivity contribution in [2.24, 2.45) is 0 Å². The predicted molar refractivity (Wildman–Crippen MR) is 82.2 cm³/mol. The zero-order valence-electron chi connectivity index (χ0n) is 11.5. The molecule has 21 heavy (non-hydrogen) atoms. The molecule has 0 amide bonds. The number of aromatic nitrogens is 2. The largest absolute Gasteiger partial charge is 0.468 e. The smallest absolute Gasteiger partial charge is 0.323 e. The van der Waals surface area contributed by atoms with Crippen LogP contribution in [-0.2, 0) is 9.53 Å². The third-order valence-corrected chi connectivity index (χ3v) is 4.36. The molecule has 0 saturated carbocycles. The Hall–Kier alpha value is -2.27. The molecule has 3 rings (SSSR count). The lowest BCUT2D eigenvalue weighted by Gasteiger charge is -2.13. The molecule has 0 saturated heterocycles. The van der Waals surface area contributed by atoms with Gasteiger partial charge in [-0.25, -0.2) is 4.98 Å². The van der Waals surface area contributed by atoms with Gasteiger partial charge in [-0.05, 0) is 17.7 Å². The highest BCUT2D eigenvalue weighted by Gasteiger charge is 2.24. The molecule has 0 aliphatic carbocycles. The Kier molecular flexibility index (Phi) is 3.92. The van der Waals surface area contributed by atoms with Crippen LogP contribution in [0.2, 0.25) is 0 Å². The molecule has 1 unspecified atom stereocenters. The highest BCUT2D eigenvalue weighted by atomic mass is 32.2. The van der Waals surface area contributed by atoms with E-state index in [1.807, 2.05) is 59.1 Å². The van der Waals surface area contributed by atoms with Crippen molar-refractivity contribution in [1.82, 2.24) is 9.38 Å². The first-order valence-electron chi connectivity index (χ1n) is 6.51. The van der Waals surface area contributed by atoms with Gasteiger partial charge in [-0.3, -0.25) is 9.20 Å².